The molecule has 32 heavy (non-hydrogen) atoms. The van der Waals surface area contributed by atoms with Crippen LogP contribution in [0.4, 0.5) is 0 Å². The molecular formula is C21H38O11. The Hall–Kier alpha value is -0.700. The Labute approximate surface area is 189 Å². The van der Waals surface area contributed by atoms with Crippen molar-refractivity contribution in [3.05, 3.63) is 12.7 Å². The summed E-state index contributed by atoms with van der Waals surface area (Å²) in [6.07, 6.45) is -5.22. The fraction of sp³-hybridized carbons (Fsp3) is 0.905. The summed E-state index contributed by atoms with van der Waals surface area (Å²) in [7, 11) is 9.24. The minimum absolute atomic E-state index is 0.135. The Morgan fingerprint density at radius 1 is 0.875 bits per heavy atom. The van der Waals surface area contributed by atoms with Crippen LogP contribution < -0.4 is 0 Å². The van der Waals surface area contributed by atoms with E-state index in [0.29, 0.717) is 13.2 Å². The Morgan fingerprint density at radius 2 is 1.53 bits per heavy atom. The van der Waals surface area contributed by atoms with Crippen molar-refractivity contribution >= 4 is 0 Å². The van der Waals surface area contributed by atoms with Gasteiger partial charge in [0.1, 0.15) is 48.8 Å². The average molecular weight is 467 g/mol. The van der Waals surface area contributed by atoms with Crippen LogP contribution in [0.25, 0.3) is 0 Å². The fourth-order valence-corrected chi connectivity index (χ4v) is 4.17. The van der Waals surface area contributed by atoms with Crippen molar-refractivity contribution in [1.29, 1.82) is 0 Å². The maximum Gasteiger partial charge on any atom is 0.187 e. The molecule has 0 spiro atoms. The second-order valence-corrected chi connectivity index (χ2v) is 7.49. The lowest BCUT2D eigenvalue weighted by molar-refractivity contribution is -0.330. The first kappa shape index (κ1) is 27.5. The lowest BCUT2D eigenvalue weighted by Gasteiger charge is -2.44. The van der Waals surface area contributed by atoms with Gasteiger partial charge in [-0.3, -0.25) is 0 Å². The van der Waals surface area contributed by atoms with Gasteiger partial charge in [-0.1, -0.05) is 6.08 Å². The van der Waals surface area contributed by atoms with Gasteiger partial charge in [-0.05, 0) is 0 Å². The number of rotatable bonds is 14. The first-order chi connectivity index (χ1) is 15.5. The monoisotopic (exact) mass is 466 g/mol. The lowest BCUT2D eigenvalue weighted by atomic mass is 9.98. The van der Waals surface area contributed by atoms with E-state index in [1.54, 1.807) is 34.5 Å². The van der Waals surface area contributed by atoms with Gasteiger partial charge in [-0.25, -0.2) is 0 Å². The Bertz CT molecular complexity index is 536. The smallest absolute Gasteiger partial charge is 0.187 e. The van der Waals surface area contributed by atoms with E-state index in [0.717, 1.165) is 0 Å². The van der Waals surface area contributed by atoms with E-state index in [1.165, 1.54) is 14.2 Å². The number of ether oxygens (including phenoxy) is 10. The normalized spacial score (nSPS) is 38.7. The van der Waals surface area contributed by atoms with Crippen molar-refractivity contribution < 1.29 is 52.5 Å². The molecule has 0 saturated carbocycles. The summed E-state index contributed by atoms with van der Waals surface area (Å²) in [6, 6.07) is 0. The molecule has 2 heterocycles. The van der Waals surface area contributed by atoms with Gasteiger partial charge >= 0.3 is 0 Å². The van der Waals surface area contributed by atoms with E-state index in [1.807, 2.05) is 0 Å². The molecule has 0 aliphatic carbocycles. The average Bonchev–Trinajstić information content (AvgIpc) is 3.15. The fourth-order valence-electron chi connectivity index (χ4n) is 4.17. The maximum atomic E-state index is 10.4. The molecule has 2 aliphatic rings. The third-order valence-electron chi connectivity index (χ3n) is 5.71. The van der Waals surface area contributed by atoms with Crippen LogP contribution in [0.1, 0.15) is 0 Å². The first-order valence-corrected chi connectivity index (χ1v) is 10.5. The van der Waals surface area contributed by atoms with Gasteiger partial charge in [-0.2, -0.15) is 0 Å². The van der Waals surface area contributed by atoms with Crippen molar-refractivity contribution in [2.24, 2.45) is 0 Å². The summed E-state index contributed by atoms with van der Waals surface area (Å²) in [5.74, 6) is 0. The van der Waals surface area contributed by atoms with Crippen LogP contribution in [-0.2, 0) is 47.4 Å². The number of aliphatic hydroxyl groups excluding tert-OH is 1. The molecule has 0 aromatic carbocycles. The van der Waals surface area contributed by atoms with Crippen LogP contribution in [0.15, 0.2) is 12.7 Å². The predicted molar refractivity (Wildman–Crippen MR) is 111 cm³/mol. The third-order valence-corrected chi connectivity index (χ3v) is 5.71. The van der Waals surface area contributed by atoms with Crippen LogP contribution in [0, 0.1) is 0 Å². The zero-order valence-corrected chi connectivity index (χ0v) is 19.7. The summed E-state index contributed by atoms with van der Waals surface area (Å²) in [5.41, 5.74) is 0. The summed E-state index contributed by atoms with van der Waals surface area (Å²) < 4.78 is 57.0. The Kier molecular flexibility index (Phi) is 11.9. The van der Waals surface area contributed by atoms with Crippen molar-refractivity contribution in [3.8, 4) is 0 Å². The molecule has 0 radical (unpaired) electrons. The molecule has 2 fully saturated rings. The minimum atomic E-state index is -1.22. The van der Waals surface area contributed by atoms with Gasteiger partial charge in [0.05, 0.1) is 19.8 Å². The highest BCUT2D eigenvalue weighted by atomic mass is 16.8. The molecule has 2 aliphatic heterocycles. The topological polar surface area (TPSA) is 113 Å². The van der Waals surface area contributed by atoms with Crippen molar-refractivity contribution in [3.63, 3.8) is 0 Å². The van der Waals surface area contributed by atoms with E-state index in [-0.39, 0.29) is 6.61 Å². The third kappa shape index (κ3) is 6.24. The Morgan fingerprint density at radius 3 is 2.06 bits per heavy atom. The number of aliphatic hydroxyl groups is 1. The summed E-state index contributed by atoms with van der Waals surface area (Å²) in [4.78, 5) is 0. The number of hydrogen-bond acceptors (Lipinski definition) is 11. The molecule has 10 atom stereocenters. The summed E-state index contributed by atoms with van der Waals surface area (Å²) in [5, 5.41) is 10.4. The second-order valence-electron chi connectivity index (χ2n) is 7.49. The molecular weight excluding hydrogens is 428 g/mol. The zero-order chi connectivity index (χ0) is 23.7. The summed E-state index contributed by atoms with van der Waals surface area (Å²) >= 11 is 0. The van der Waals surface area contributed by atoms with Gasteiger partial charge in [0, 0.05) is 42.7 Å². The van der Waals surface area contributed by atoms with Crippen LogP contribution >= 0.6 is 0 Å². The van der Waals surface area contributed by atoms with Crippen LogP contribution in [0.2, 0.25) is 0 Å². The highest BCUT2D eigenvalue weighted by Crippen LogP contribution is 2.34. The van der Waals surface area contributed by atoms with Gasteiger partial charge in [0.2, 0.25) is 0 Å². The quantitative estimate of drug-likeness (QED) is 0.270. The van der Waals surface area contributed by atoms with Gasteiger partial charge < -0.3 is 52.5 Å². The second kappa shape index (κ2) is 13.9. The standard InChI is InChI=1S/C21H38O11/c1-8-9-29-11-13-15(16(25-4)18(27-6)20(22)30-13)32-21-19(28-7)17(26-5)14(31-21)12(24-3)10-23-2/h8,12-22H,1,9-11H2,2-7H3/t12-,13-,14-,15-,16+,17-,18-,19+,20+,21-/m1/s1. The SMILES string of the molecule is C=CCOC[C@H]1O[C@H](O)[C@H](OC)[C@@H](OC)[C@@H]1O[C@H]1O[C@H]([C@@H](COC)OC)[C@@H](OC)[C@@H]1OC. The molecule has 0 aromatic heterocycles. The van der Waals surface area contributed by atoms with Crippen molar-refractivity contribution in [1.82, 2.24) is 0 Å². The molecule has 188 valence electrons. The minimum Gasteiger partial charge on any atom is -0.382 e. The summed E-state index contributed by atoms with van der Waals surface area (Å²) in [6.45, 7) is 4.39. The van der Waals surface area contributed by atoms with Gasteiger partial charge in [-0.15, -0.1) is 6.58 Å². The molecule has 1 N–H and O–H groups in total. The molecule has 2 saturated heterocycles. The highest BCUT2D eigenvalue weighted by molar-refractivity contribution is 4.97. The van der Waals surface area contributed by atoms with Crippen molar-refractivity contribution in [2.75, 3.05) is 62.5 Å². The largest absolute Gasteiger partial charge is 0.382 e. The molecule has 0 aromatic rings. The van der Waals surface area contributed by atoms with Gasteiger partial charge in [0.25, 0.3) is 0 Å². The predicted octanol–water partition coefficient (Wildman–Crippen LogP) is -0.262. The molecule has 11 nitrogen and oxygen atoms in total. The number of hydrogen-bond donors (Lipinski definition) is 1. The molecule has 0 amide bonds. The Balaban J connectivity index is 2.26. The number of methoxy groups -OCH3 is 6. The molecule has 0 unspecified atom stereocenters. The van der Waals surface area contributed by atoms with Crippen LogP contribution in [0.5, 0.6) is 0 Å². The van der Waals surface area contributed by atoms with E-state index in [2.05, 4.69) is 6.58 Å². The highest BCUT2D eigenvalue weighted by Gasteiger charge is 2.54. The zero-order valence-electron chi connectivity index (χ0n) is 19.7. The van der Waals surface area contributed by atoms with Crippen LogP contribution in [0.3, 0.4) is 0 Å². The molecule has 11 heteroatoms. The van der Waals surface area contributed by atoms with E-state index < -0.39 is 61.4 Å². The molecule has 2 rings (SSSR count). The van der Waals surface area contributed by atoms with Gasteiger partial charge in [0.15, 0.2) is 12.6 Å². The molecule has 0 bridgehead atoms. The van der Waals surface area contributed by atoms with Crippen molar-refractivity contribution in [2.45, 2.75) is 61.4 Å². The first-order valence-electron chi connectivity index (χ1n) is 10.5. The van der Waals surface area contributed by atoms with E-state index >= 15 is 0 Å². The maximum absolute atomic E-state index is 10.4. The lowest BCUT2D eigenvalue weighted by Crippen LogP contribution is -2.62. The van der Waals surface area contributed by atoms with E-state index in [4.69, 9.17) is 47.4 Å². The van der Waals surface area contributed by atoms with E-state index in [9.17, 15) is 5.11 Å². The van der Waals surface area contributed by atoms with Crippen LogP contribution in [-0.4, -0.2) is 129 Å².